The first kappa shape index (κ1) is 30.6. The van der Waals surface area contributed by atoms with Crippen molar-refractivity contribution in [1.82, 2.24) is 24.1 Å². The van der Waals surface area contributed by atoms with Crippen molar-refractivity contribution in [2.75, 3.05) is 25.9 Å². The van der Waals surface area contributed by atoms with E-state index in [4.69, 9.17) is 0 Å². The van der Waals surface area contributed by atoms with Gasteiger partial charge >= 0.3 is 0 Å². The number of benzene rings is 1. The van der Waals surface area contributed by atoms with Crippen molar-refractivity contribution >= 4 is 26.8 Å². The summed E-state index contributed by atoms with van der Waals surface area (Å²) in [7, 11) is -3.15. The summed E-state index contributed by atoms with van der Waals surface area (Å²) in [4.78, 5) is 22.4. The third kappa shape index (κ3) is 6.71. The number of sulfonamides is 1. The Morgan fingerprint density at radius 2 is 1.79 bits per heavy atom. The molecule has 8 nitrogen and oxygen atoms in total. The maximum absolute atomic E-state index is 14.5. The fraction of sp³-hybridized carbons (Fsp3) is 0.562. The van der Waals surface area contributed by atoms with Crippen LogP contribution in [0.4, 0.5) is 4.39 Å². The van der Waals surface area contributed by atoms with Crippen LogP contribution in [0.25, 0.3) is 16.6 Å². The number of pyridine rings is 1. The normalized spacial score (nSPS) is 20.4. The summed E-state index contributed by atoms with van der Waals surface area (Å²) in [5.41, 5.74) is 3.14. The van der Waals surface area contributed by atoms with E-state index in [0.717, 1.165) is 62.6 Å². The van der Waals surface area contributed by atoms with E-state index in [0.29, 0.717) is 23.1 Å². The Labute approximate surface area is 249 Å². The predicted octanol–water partition coefficient (Wildman–Crippen LogP) is 5.32. The zero-order valence-electron chi connectivity index (χ0n) is 25.4. The lowest BCUT2D eigenvalue weighted by atomic mass is 9.83. The molecule has 1 aliphatic heterocycles. The van der Waals surface area contributed by atoms with Gasteiger partial charge in [-0.15, -0.1) is 0 Å². The molecule has 0 spiro atoms. The van der Waals surface area contributed by atoms with Crippen molar-refractivity contribution < 1.29 is 17.6 Å². The van der Waals surface area contributed by atoms with Crippen molar-refractivity contribution in [3.05, 3.63) is 59.8 Å². The topological polar surface area (TPSA) is 87.5 Å². The molecule has 1 saturated heterocycles. The Kier molecular flexibility index (Phi) is 9.06. The number of nitrogens with zero attached hydrogens (tertiary/aromatic N) is 4. The van der Waals surface area contributed by atoms with Crippen LogP contribution in [0.1, 0.15) is 81.6 Å². The van der Waals surface area contributed by atoms with Crippen molar-refractivity contribution in [3.63, 3.8) is 0 Å². The maximum atomic E-state index is 14.5. The summed E-state index contributed by atoms with van der Waals surface area (Å²) < 4.78 is 42.3. The molecule has 5 rings (SSSR count). The molecule has 2 aromatic heterocycles. The first-order valence-electron chi connectivity index (χ1n) is 15.2. The van der Waals surface area contributed by atoms with Gasteiger partial charge in [0.15, 0.2) is 0 Å². The molecule has 1 aliphatic carbocycles. The number of halogens is 1. The number of amides is 1. The highest BCUT2D eigenvalue weighted by Gasteiger charge is 2.32. The van der Waals surface area contributed by atoms with E-state index in [-0.39, 0.29) is 24.0 Å². The van der Waals surface area contributed by atoms with E-state index in [1.165, 1.54) is 24.0 Å². The number of hydrogen-bond donors (Lipinski definition) is 1. The highest BCUT2D eigenvalue weighted by molar-refractivity contribution is 7.88. The molecule has 42 heavy (non-hydrogen) atoms. The fourth-order valence-electron chi connectivity index (χ4n) is 6.91. The number of aromatic nitrogens is 2. The minimum atomic E-state index is -3.15. The fourth-order valence-corrected chi connectivity index (χ4v) is 7.75. The van der Waals surface area contributed by atoms with E-state index in [9.17, 15) is 17.6 Å². The number of hydrogen-bond acceptors (Lipinski definition) is 5. The van der Waals surface area contributed by atoms with Crippen LogP contribution in [0.3, 0.4) is 0 Å². The van der Waals surface area contributed by atoms with Gasteiger partial charge in [-0.25, -0.2) is 17.5 Å². The minimum Gasteiger partial charge on any atom is -0.334 e. The van der Waals surface area contributed by atoms with Crippen LogP contribution < -0.4 is 4.72 Å². The van der Waals surface area contributed by atoms with E-state index < -0.39 is 15.8 Å². The highest BCUT2D eigenvalue weighted by Crippen LogP contribution is 2.37. The Balaban J connectivity index is 1.30. The number of rotatable bonds is 10. The van der Waals surface area contributed by atoms with Crippen LogP contribution in [-0.4, -0.2) is 77.7 Å². The number of nitrogens with one attached hydrogen (secondary N) is 1. The van der Waals surface area contributed by atoms with Gasteiger partial charge in [-0.1, -0.05) is 0 Å². The molecular weight excluding hydrogens is 553 g/mol. The molecule has 2 aliphatic rings. The molecule has 10 heteroatoms. The third-order valence-corrected chi connectivity index (χ3v) is 9.67. The molecule has 1 amide bonds. The van der Waals surface area contributed by atoms with Crippen molar-refractivity contribution in [1.29, 1.82) is 0 Å². The van der Waals surface area contributed by atoms with Crippen molar-refractivity contribution in [3.8, 4) is 5.69 Å². The van der Waals surface area contributed by atoms with Gasteiger partial charge in [0.2, 0.25) is 10.0 Å². The quantitative estimate of drug-likeness (QED) is 0.342. The maximum Gasteiger partial charge on any atom is 0.256 e. The highest BCUT2D eigenvalue weighted by atomic mass is 32.2. The van der Waals surface area contributed by atoms with Gasteiger partial charge in [0.1, 0.15) is 5.82 Å². The second kappa shape index (κ2) is 12.4. The zero-order chi connectivity index (χ0) is 30.2. The van der Waals surface area contributed by atoms with Crippen LogP contribution in [0, 0.1) is 11.7 Å². The molecule has 2 fully saturated rings. The van der Waals surface area contributed by atoms with Crippen LogP contribution >= 0.6 is 0 Å². The van der Waals surface area contributed by atoms with Crippen LogP contribution in [0.15, 0.2) is 42.9 Å². The number of fused-ring (bicyclic) bond motifs is 1. The number of likely N-dealkylation sites (tertiary alicyclic amines) is 1. The Hall–Kier alpha value is -2.82. The molecule has 1 aromatic carbocycles. The monoisotopic (exact) mass is 597 g/mol. The van der Waals surface area contributed by atoms with Crippen LogP contribution in [-0.2, 0) is 10.0 Å². The summed E-state index contributed by atoms with van der Waals surface area (Å²) in [6.45, 7) is 10.9. The van der Waals surface area contributed by atoms with Gasteiger partial charge in [0.05, 0.1) is 29.2 Å². The molecule has 0 unspecified atom stereocenters. The van der Waals surface area contributed by atoms with E-state index >= 15 is 0 Å². The van der Waals surface area contributed by atoms with Gasteiger partial charge in [-0.3, -0.25) is 9.78 Å². The molecule has 1 N–H and O–H groups in total. The van der Waals surface area contributed by atoms with E-state index in [2.05, 4.69) is 20.8 Å². The molecule has 0 bridgehead atoms. The number of carbonyl (C=O) groups excluding carboxylic acids is 1. The average Bonchev–Trinajstić information content (AvgIpc) is 3.26. The molecule has 3 aromatic rings. The molecule has 1 saturated carbocycles. The second-order valence-corrected chi connectivity index (χ2v) is 14.5. The lowest BCUT2D eigenvalue weighted by Gasteiger charge is -2.40. The summed E-state index contributed by atoms with van der Waals surface area (Å²) in [5, 5.41) is 1.11. The molecule has 3 heterocycles. The van der Waals surface area contributed by atoms with E-state index in [1.807, 2.05) is 44.5 Å². The molecule has 228 valence electrons. The van der Waals surface area contributed by atoms with Gasteiger partial charge < -0.3 is 14.4 Å². The standard InChI is InChI=1S/C32H44FN5O3S/c1-21(2)38(22(3)4)32(39)28-16-25(33)8-11-30(28)37-20-29(27-12-14-34-17-31(27)37)24-18-36(19-24)15-13-23-6-9-26(10-7-23)35-42(5,40)41/h8,11-12,14,16-17,20-24,26,35H,6-7,9-10,13,15,18-19H2,1-5H3/t23-,26-. The largest absolute Gasteiger partial charge is 0.334 e. The van der Waals surface area contributed by atoms with Gasteiger partial charge in [-0.05, 0) is 102 Å². The molecular formula is C32H44FN5O3S. The van der Waals surface area contributed by atoms with Crippen LogP contribution in [0.5, 0.6) is 0 Å². The van der Waals surface area contributed by atoms with E-state index in [1.54, 1.807) is 17.2 Å². The molecule has 0 radical (unpaired) electrons. The predicted molar refractivity (Wildman–Crippen MR) is 165 cm³/mol. The summed E-state index contributed by atoms with van der Waals surface area (Å²) in [6, 6.07) is 6.54. The summed E-state index contributed by atoms with van der Waals surface area (Å²) in [5.74, 6) is 0.394. The first-order valence-corrected chi connectivity index (χ1v) is 17.1. The summed E-state index contributed by atoms with van der Waals surface area (Å²) in [6.07, 6.45) is 12.1. The summed E-state index contributed by atoms with van der Waals surface area (Å²) >= 11 is 0. The Bertz CT molecular complexity index is 1510. The first-order chi connectivity index (χ1) is 19.9. The lowest BCUT2D eigenvalue weighted by Crippen LogP contribution is -2.45. The Morgan fingerprint density at radius 3 is 2.43 bits per heavy atom. The van der Waals surface area contributed by atoms with Crippen molar-refractivity contribution in [2.24, 2.45) is 5.92 Å². The zero-order valence-corrected chi connectivity index (χ0v) is 26.2. The van der Waals surface area contributed by atoms with Gasteiger partial charge in [0.25, 0.3) is 5.91 Å². The minimum absolute atomic E-state index is 0.0209. The third-order valence-electron chi connectivity index (χ3n) is 8.91. The second-order valence-electron chi connectivity index (χ2n) is 12.8. The molecule has 0 atom stereocenters. The smallest absolute Gasteiger partial charge is 0.256 e. The lowest BCUT2D eigenvalue weighted by molar-refractivity contribution is 0.0643. The van der Waals surface area contributed by atoms with Gasteiger partial charge in [-0.2, -0.15) is 0 Å². The number of carbonyl (C=O) groups is 1. The Morgan fingerprint density at radius 1 is 1.10 bits per heavy atom. The van der Waals surface area contributed by atoms with Gasteiger partial charge in [0, 0.05) is 54.9 Å². The van der Waals surface area contributed by atoms with Crippen LogP contribution in [0.2, 0.25) is 0 Å². The SMILES string of the molecule is CC(C)N(C(=O)c1cc(F)ccc1-n1cc(C2CN(CC[C@H]3CC[C@H](NS(C)(=O)=O)CC3)C2)c2ccncc21)C(C)C. The average molecular weight is 598 g/mol. The van der Waals surface area contributed by atoms with Crippen molar-refractivity contribution in [2.45, 2.75) is 83.8 Å².